The molecule has 2 atom stereocenters. The molecule has 1 aromatic rings. The van der Waals surface area contributed by atoms with Gasteiger partial charge in [-0.05, 0) is 31.9 Å². The van der Waals surface area contributed by atoms with Crippen LogP contribution < -0.4 is 5.32 Å². The number of carbonyl (C=O) groups is 3. The van der Waals surface area contributed by atoms with E-state index >= 15 is 0 Å². The normalized spacial score (nSPS) is 22.8. The summed E-state index contributed by atoms with van der Waals surface area (Å²) in [5, 5.41) is 1.29. The van der Waals surface area contributed by atoms with Crippen molar-refractivity contribution in [2.45, 2.75) is 44.2 Å². The highest BCUT2D eigenvalue weighted by Gasteiger charge is 2.60. The summed E-state index contributed by atoms with van der Waals surface area (Å²) in [4.78, 5) is 38.8. The third-order valence-electron chi connectivity index (χ3n) is 4.64. The lowest BCUT2D eigenvalue weighted by Crippen LogP contribution is -2.75. The minimum Gasteiger partial charge on any atom is -0.455 e. The maximum Gasteiger partial charge on any atom is 0.355 e. The average molecular weight is 499 g/mol. The van der Waals surface area contributed by atoms with Gasteiger partial charge in [-0.2, -0.15) is 0 Å². The summed E-state index contributed by atoms with van der Waals surface area (Å²) in [6.07, 6.45) is 0.0127. The summed E-state index contributed by atoms with van der Waals surface area (Å²) in [7, 11) is -3.80. The zero-order valence-corrected chi connectivity index (χ0v) is 19.2. The van der Waals surface area contributed by atoms with Gasteiger partial charge in [0.05, 0.1) is 12.2 Å². The molecule has 2 aliphatic heterocycles. The van der Waals surface area contributed by atoms with E-state index < -0.39 is 50.4 Å². The van der Waals surface area contributed by atoms with Crippen LogP contribution in [0.25, 0.3) is 0 Å². The zero-order chi connectivity index (χ0) is 22.3. The first kappa shape index (κ1) is 22.5. The van der Waals surface area contributed by atoms with Gasteiger partial charge in [0.25, 0.3) is 5.91 Å². The minimum absolute atomic E-state index is 0.0127. The van der Waals surface area contributed by atoms with Gasteiger partial charge >= 0.3 is 5.97 Å². The molecule has 1 fully saturated rings. The van der Waals surface area contributed by atoms with Crippen molar-refractivity contribution in [2.24, 2.45) is 0 Å². The second-order valence-electron chi connectivity index (χ2n) is 8.20. The van der Waals surface area contributed by atoms with Crippen LogP contribution in [-0.2, 0) is 35.4 Å². The van der Waals surface area contributed by atoms with Gasteiger partial charge in [-0.1, -0.05) is 46.3 Å². The first-order valence-electron chi connectivity index (χ1n) is 9.34. The van der Waals surface area contributed by atoms with Crippen molar-refractivity contribution in [3.8, 4) is 0 Å². The zero-order valence-electron chi connectivity index (χ0n) is 16.8. The highest BCUT2D eigenvalue weighted by atomic mass is 79.9. The van der Waals surface area contributed by atoms with E-state index in [0.717, 1.165) is 10.5 Å². The van der Waals surface area contributed by atoms with Gasteiger partial charge in [0.2, 0.25) is 5.91 Å². The molecule has 2 aliphatic rings. The van der Waals surface area contributed by atoms with Crippen LogP contribution in [0, 0.1) is 0 Å². The summed E-state index contributed by atoms with van der Waals surface area (Å²) >= 11 is 3.20. The molecule has 1 N–H and O–H groups in total. The van der Waals surface area contributed by atoms with Crippen LogP contribution in [0.2, 0.25) is 0 Å². The first-order valence-corrected chi connectivity index (χ1v) is 12.2. The molecule has 0 aliphatic carbocycles. The number of sulfone groups is 1. The Labute approximate surface area is 183 Å². The predicted molar refractivity (Wildman–Crippen MR) is 113 cm³/mol. The number of amides is 2. The third-order valence-corrected chi connectivity index (χ3v) is 7.29. The van der Waals surface area contributed by atoms with Crippen molar-refractivity contribution in [3.63, 3.8) is 0 Å². The standard InChI is InChI=1S/C20H23BrN2O6S/c1-20(2,3)29-19(26)16-13(10-21)11-30(27,28)18-15(17(25)23(16)18)22-14(24)9-12-7-5-4-6-8-12/h4-8,15,18H,9-11H2,1-3H3,(H,22,24)/t15-,18-/m0/s1. The number of halogens is 1. The molecule has 0 bridgehead atoms. The predicted octanol–water partition coefficient (Wildman–Crippen LogP) is 1.30. The molecule has 30 heavy (non-hydrogen) atoms. The van der Waals surface area contributed by atoms with Gasteiger partial charge in [0.15, 0.2) is 15.2 Å². The van der Waals surface area contributed by atoms with E-state index in [1.165, 1.54) is 0 Å². The maximum absolute atomic E-state index is 12.8. The van der Waals surface area contributed by atoms with Gasteiger partial charge in [-0.25, -0.2) is 13.2 Å². The van der Waals surface area contributed by atoms with Crippen molar-refractivity contribution in [2.75, 3.05) is 11.1 Å². The first-order chi connectivity index (χ1) is 13.9. The molecular formula is C20H23BrN2O6S. The number of fused-ring (bicyclic) bond motifs is 1. The average Bonchev–Trinajstić information content (AvgIpc) is 2.64. The van der Waals surface area contributed by atoms with Crippen LogP contribution in [0.3, 0.4) is 0 Å². The molecule has 3 rings (SSSR count). The van der Waals surface area contributed by atoms with Crippen molar-refractivity contribution >= 4 is 43.6 Å². The van der Waals surface area contributed by atoms with Gasteiger partial charge in [0, 0.05) is 5.33 Å². The summed E-state index contributed by atoms with van der Waals surface area (Å²) in [6.45, 7) is 5.04. The van der Waals surface area contributed by atoms with E-state index in [4.69, 9.17) is 4.74 Å². The summed E-state index contributed by atoms with van der Waals surface area (Å²) < 4.78 is 31.0. The Kier molecular flexibility index (Phi) is 6.10. The Morgan fingerprint density at radius 1 is 1.23 bits per heavy atom. The lowest BCUT2D eigenvalue weighted by atomic mass is 10.0. The van der Waals surface area contributed by atoms with Crippen LogP contribution in [0.5, 0.6) is 0 Å². The molecule has 0 aromatic heterocycles. The minimum atomic E-state index is -3.80. The van der Waals surface area contributed by atoms with Crippen LogP contribution in [0.1, 0.15) is 26.3 Å². The van der Waals surface area contributed by atoms with Crippen molar-refractivity contribution in [1.82, 2.24) is 10.2 Å². The van der Waals surface area contributed by atoms with Gasteiger partial charge in [-0.3, -0.25) is 14.5 Å². The van der Waals surface area contributed by atoms with E-state index in [2.05, 4.69) is 21.2 Å². The van der Waals surface area contributed by atoms with E-state index in [9.17, 15) is 22.8 Å². The topological polar surface area (TPSA) is 110 Å². The molecule has 1 aromatic carbocycles. The highest BCUT2D eigenvalue weighted by molar-refractivity contribution is 9.09. The van der Waals surface area contributed by atoms with Crippen LogP contribution >= 0.6 is 15.9 Å². The van der Waals surface area contributed by atoms with Crippen molar-refractivity contribution in [3.05, 3.63) is 47.2 Å². The summed E-state index contributed by atoms with van der Waals surface area (Å²) in [5.74, 6) is -2.28. The molecule has 10 heteroatoms. The quantitative estimate of drug-likeness (QED) is 0.372. The Balaban J connectivity index is 1.85. The second-order valence-corrected chi connectivity index (χ2v) is 10.9. The Morgan fingerprint density at radius 2 is 1.87 bits per heavy atom. The number of benzene rings is 1. The molecule has 1 saturated heterocycles. The lowest BCUT2D eigenvalue weighted by molar-refractivity contribution is -0.159. The molecular weight excluding hydrogens is 476 g/mol. The summed E-state index contributed by atoms with van der Waals surface area (Å²) in [5.41, 5.74) is 0.106. The number of β-lactam (4-membered cyclic amide) rings is 1. The van der Waals surface area contributed by atoms with Crippen molar-refractivity contribution < 1.29 is 27.5 Å². The maximum atomic E-state index is 12.8. The van der Waals surface area contributed by atoms with E-state index in [1.54, 1.807) is 45.0 Å². The Bertz CT molecular complexity index is 1010. The number of nitrogens with zero attached hydrogens (tertiary/aromatic N) is 1. The number of esters is 1. The Morgan fingerprint density at radius 3 is 2.43 bits per heavy atom. The molecule has 8 nitrogen and oxygen atoms in total. The van der Waals surface area contributed by atoms with Crippen molar-refractivity contribution in [1.29, 1.82) is 0 Å². The largest absolute Gasteiger partial charge is 0.455 e. The fourth-order valence-electron chi connectivity index (χ4n) is 3.45. The fraction of sp³-hybridized carbons (Fsp3) is 0.450. The van der Waals surface area contributed by atoms with Crippen LogP contribution in [0.4, 0.5) is 0 Å². The van der Waals surface area contributed by atoms with Gasteiger partial charge < -0.3 is 10.1 Å². The molecule has 0 spiro atoms. The number of alkyl halides is 1. The molecule has 0 saturated carbocycles. The van der Waals surface area contributed by atoms with E-state index in [0.29, 0.717) is 0 Å². The molecule has 2 heterocycles. The number of hydrogen-bond donors (Lipinski definition) is 1. The van der Waals surface area contributed by atoms with Crippen LogP contribution in [-0.4, -0.2) is 59.2 Å². The Hall–Kier alpha value is -2.20. The number of carbonyl (C=O) groups excluding carboxylic acids is 3. The number of nitrogens with one attached hydrogen (secondary N) is 1. The van der Waals surface area contributed by atoms with E-state index in [1.807, 2.05) is 6.07 Å². The lowest BCUT2D eigenvalue weighted by Gasteiger charge is -2.49. The number of rotatable bonds is 5. The molecule has 0 unspecified atom stereocenters. The smallest absolute Gasteiger partial charge is 0.355 e. The SMILES string of the molecule is CC(C)(C)OC(=O)C1=C(CBr)CS(=O)(=O)[C@H]2[C@@H](NC(=O)Cc3ccccc3)C(=O)N12. The number of hydrogen-bond acceptors (Lipinski definition) is 6. The fourth-order valence-corrected chi connectivity index (χ4v) is 6.20. The van der Waals surface area contributed by atoms with Gasteiger partial charge in [0.1, 0.15) is 17.3 Å². The van der Waals surface area contributed by atoms with Gasteiger partial charge in [-0.15, -0.1) is 0 Å². The number of ether oxygens (including phenoxy) is 1. The molecule has 162 valence electrons. The summed E-state index contributed by atoms with van der Waals surface area (Å²) in [6, 6.07) is 7.67. The molecule has 2 amide bonds. The second kappa shape index (κ2) is 8.14. The van der Waals surface area contributed by atoms with Crippen LogP contribution in [0.15, 0.2) is 41.6 Å². The molecule has 0 radical (unpaired) electrons. The third kappa shape index (κ3) is 4.44. The van der Waals surface area contributed by atoms with E-state index in [-0.39, 0.29) is 23.0 Å². The highest BCUT2D eigenvalue weighted by Crippen LogP contribution is 2.38. The monoisotopic (exact) mass is 498 g/mol.